The molecule has 0 aromatic rings. The molecule has 7 heteroatoms. The van der Waals surface area contributed by atoms with Crippen molar-refractivity contribution in [2.45, 2.75) is 44.9 Å². The number of aliphatic hydroxyl groups is 1. The third-order valence-electron chi connectivity index (χ3n) is 2.20. The monoisotopic (exact) mass is 256 g/mol. The Labute approximate surface area is 98.6 Å². The third kappa shape index (κ3) is 7.98. The number of hydrogen-bond acceptors (Lipinski definition) is 3. The normalized spacial score (nSPS) is 14.5. The number of carbonyl (C=O) groups is 1. The summed E-state index contributed by atoms with van der Waals surface area (Å²) in [5.74, 6) is -0.715. The number of nitrogens with one attached hydrogen (secondary N) is 2. The van der Waals surface area contributed by atoms with E-state index in [0.29, 0.717) is 6.42 Å². The molecule has 0 heterocycles. The Morgan fingerprint density at radius 1 is 1.35 bits per heavy atom. The van der Waals surface area contributed by atoms with Gasteiger partial charge in [-0.25, -0.2) is 0 Å². The van der Waals surface area contributed by atoms with Crippen molar-refractivity contribution in [2.24, 2.45) is 0 Å². The average Bonchev–Trinajstić information content (AvgIpc) is 2.11. The second-order valence-electron chi connectivity index (χ2n) is 4.56. The second-order valence-corrected chi connectivity index (χ2v) is 4.56. The molecular weight excluding hydrogens is 237 g/mol. The lowest BCUT2D eigenvalue weighted by atomic mass is 10.00. The Hall–Kier alpha value is -0.820. The first-order valence-electron chi connectivity index (χ1n) is 5.30. The average molecular weight is 256 g/mol. The van der Waals surface area contributed by atoms with Gasteiger partial charge in [-0.05, 0) is 27.2 Å². The second kappa shape index (κ2) is 6.20. The van der Waals surface area contributed by atoms with Crippen LogP contribution in [-0.2, 0) is 4.79 Å². The van der Waals surface area contributed by atoms with E-state index < -0.39 is 30.2 Å². The van der Waals surface area contributed by atoms with Gasteiger partial charge in [0.25, 0.3) is 0 Å². The van der Waals surface area contributed by atoms with Crippen LogP contribution in [-0.4, -0.2) is 41.9 Å². The molecule has 0 saturated carbocycles. The van der Waals surface area contributed by atoms with Gasteiger partial charge < -0.3 is 15.7 Å². The van der Waals surface area contributed by atoms with Gasteiger partial charge in [-0.2, -0.15) is 13.2 Å². The lowest BCUT2D eigenvalue weighted by Gasteiger charge is -2.29. The molecule has 1 atom stereocenters. The molecule has 0 aromatic carbocycles. The minimum atomic E-state index is -4.41. The molecule has 17 heavy (non-hydrogen) atoms. The summed E-state index contributed by atoms with van der Waals surface area (Å²) >= 11 is 0. The molecule has 1 unspecified atom stereocenters. The van der Waals surface area contributed by atoms with Crippen molar-refractivity contribution in [3.05, 3.63) is 0 Å². The molecular formula is C10H19F3N2O2. The molecule has 0 radical (unpaired) electrons. The van der Waals surface area contributed by atoms with Gasteiger partial charge in [0.05, 0.1) is 6.04 Å². The van der Waals surface area contributed by atoms with Crippen LogP contribution >= 0.6 is 0 Å². The van der Waals surface area contributed by atoms with E-state index in [-0.39, 0.29) is 6.61 Å². The summed E-state index contributed by atoms with van der Waals surface area (Å²) in [6.45, 7) is 3.60. The predicted molar refractivity (Wildman–Crippen MR) is 57.4 cm³/mol. The highest BCUT2D eigenvalue weighted by Gasteiger charge is 2.29. The minimum Gasteiger partial charge on any atom is -0.396 e. The maximum absolute atomic E-state index is 11.9. The van der Waals surface area contributed by atoms with E-state index in [1.54, 1.807) is 19.2 Å². The Kier molecular flexibility index (Phi) is 5.91. The van der Waals surface area contributed by atoms with Crippen molar-refractivity contribution >= 4 is 5.91 Å². The molecule has 0 aliphatic carbocycles. The van der Waals surface area contributed by atoms with E-state index in [1.165, 1.54) is 6.92 Å². The summed E-state index contributed by atoms with van der Waals surface area (Å²) in [6, 6.07) is -0.751. The summed E-state index contributed by atoms with van der Waals surface area (Å²) < 4.78 is 35.6. The van der Waals surface area contributed by atoms with Crippen molar-refractivity contribution in [3.63, 3.8) is 0 Å². The quantitative estimate of drug-likeness (QED) is 0.659. The zero-order valence-electron chi connectivity index (χ0n) is 10.2. The van der Waals surface area contributed by atoms with Crippen molar-refractivity contribution in [1.29, 1.82) is 0 Å². The number of halogens is 3. The molecule has 0 aromatic heterocycles. The van der Waals surface area contributed by atoms with Crippen LogP contribution in [0.2, 0.25) is 0 Å². The SMILES string of the molecule is CC(NC(C)(C)CCO)C(=O)NCC(F)(F)F. The van der Waals surface area contributed by atoms with E-state index in [0.717, 1.165) is 0 Å². The lowest BCUT2D eigenvalue weighted by Crippen LogP contribution is -2.52. The van der Waals surface area contributed by atoms with Gasteiger partial charge in [0, 0.05) is 12.1 Å². The van der Waals surface area contributed by atoms with Crippen LogP contribution < -0.4 is 10.6 Å². The number of aliphatic hydroxyl groups excluding tert-OH is 1. The van der Waals surface area contributed by atoms with Crippen LogP contribution in [0.3, 0.4) is 0 Å². The number of rotatable bonds is 6. The van der Waals surface area contributed by atoms with Crippen LogP contribution in [0.25, 0.3) is 0 Å². The minimum absolute atomic E-state index is 0.0586. The van der Waals surface area contributed by atoms with Gasteiger partial charge in [0.1, 0.15) is 6.54 Å². The topological polar surface area (TPSA) is 61.4 Å². The van der Waals surface area contributed by atoms with E-state index in [1.807, 2.05) is 0 Å². The zero-order valence-corrected chi connectivity index (χ0v) is 10.2. The van der Waals surface area contributed by atoms with Crippen molar-refractivity contribution in [2.75, 3.05) is 13.2 Å². The highest BCUT2D eigenvalue weighted by Crippen LogP contribution is 2.12. The summed E-state index contributed by atoms with van der Waals surface area (Å²) in [6.07, 6.45) is -4.00. The summed E-state index contributed by atoms with van der Waals surface area (Å²) in [5, 5.41) is 13.4. The number of carbonyl (C=O) groups excluding carboxylic acids is 1. The Morgan fingerprint density at radius 2 is 1.88 bits per heavy atom. The molecule has 0 saturated heterocycles. The Bertz CT molecular complexity index is 254. The molecule has 0 rings (SSSR count). The summed E-state index contributed by atoms with van der Waals surface area (Å²) in [7, 11) is 0. The maximum Gasteiger partial charge on any atom is 0.405 e. The first-order valence-corrected chi connectivity index (χ1v) is 5.30. The summed E-state index contributed by atoms with van der Waals surface area (Å²) in [5.41, 5.74) is -0.510. The molecule has 3 N–H and O–H groups in total. The van der Waals surface area contributed by atoms with Gasteiger partial charge in [0.2, 0.25) is 5.91 Å². The number of amides is 1. The van der Waals surface area contributed by atoms with Gasteiger partial charge in [0.15, 0.2) is 0 Å². The number of alkyl halides is 3. The van der Waals surface area contributed by atoms with Crippen LogP contribution in [0.1, 0.15) is 27.2 Å². The molecule has 1 amide bonds. The van der Waals surface area contributed by atoms with Crippen LogP contribution in [0, 0.1) is 0 Å². The Balaban J connectivity index is 4.14. The van der Waals surface area contributed by atoms with E-state index in [2.05, 4.69) is 5.32 Å². The van der Waals surface area contributed by atoms with Gasteiger partial charge in [-0.15, -0.1) is 0 Å². The molecule has 0 bridgehead atoms. The standard InChI is InChI=1S/C10H19F3N2O2/c1-7(15-9(2,3)4-5-16)8(17)14-6-10(11,12)13/h7,15-16H,4-6H2,1-3H3,(H,14,17). The van der Waals surface area contributed by atoms with E-state index in [9.17, 15) is 18.0 Å². The van der Waals surface area contributed by atoms with Crippen molar-refractivity contribution < 1.29 is 23.1 Å². The predicted octanol–water partition coefficient (Wildman–Crippen LogP) is 0.804. The fraction of sp³-hybridized carbons (Fsp3) is 0.900. The first-order chi connectivity index (χ1) is 7.57. The van der Waals surface area contributed by atoms with Gasteiger partial charge in [-0.3, -0.25) is 4.79 Å². The fourth-order valence-corrected chi connectivity index (χ4v) is 1.34. The van der Waals surface area contributed by atoms with Crippen molar-refractivity contribution in [1.82, 2.24) is 10.6 Å². The third-order valence-corrected chi connectivity index (χ3v) is 2.20. The highest BCUT2D eigenvalue weighted by atomic mass is 19.4. The maximum atomic E-state index is 11.9. The highest BCUT2D eigenvalue weighted by molar-refractivity contribution is 5.81. The van der Waals surface area contributed by atoms with Crippen molar-refractivity contribution in [3.8, 4) is 0 Å². The molecule has 0 aliphatic heterocycles. The first kappa shape index (κ1) is 16.2. The number of hydrogen-bond donors (Lipinski definition) is 3. The van der Waals surface area contributed by atoms with E-state index >= 15 is 0 Å². The smallest absolute Gasteiger partial charge is 0.396 e. The largest absolute Gasteiger partial charge is 0.405 e. The van der Waals surface area contributed by atoms with Crippen LogP contribution in [0.4, 0.5) is 13.2 Å². The van der Waals surface area contributed by atoms with Crippen LogP contribution in [0.15, 0.2) is 0 Å². The molecule has 0 fully saturated rings. The zero-order chi connectivity index (χ0) is 13.7. The fourth-order valence-electron chi connectivity index (χ4n) is 1.34. The lowest BCUT2D eigenvalue weighted by molar-refractivity contribution is -0.139. The summed E-state index contributed by atoms with van der Waals surface area (Å²) in [4.78, 5) is 11.3. The molecule has 102 valence electrons. The van der Waals surface area contributed by atoms with Crippen LogP contribution in [0.5, 0.6) is 0 Å². The molecule has 0 spiro atoms. The van der Waals surface area contributed by atoms with Gasteiger partial charge in [-0.1, -0.05) is 0 Å². The molecule has 4 nitrogen and oxygen atoms in total. The van der Waals surface area contributed by atoms with E-state index in [4.69, 9.17) is 5.11 Å². The van der Waals surface area contributed by atoms with Gasteiger partial charge >= 0.3 is 6.18 Å². The molecule has 0 aliphatic rings. The Morgan fingerprint density at radius 3 is 2.29 bits per heavy atom.